The zero-order chi connectivity index (χ0) is 15.2. The molecule has 1 aliphatic heterocycles. The van der Waals surface area contributed by atoms with Crippen LogP contribution in [0.5, 0.6) is 0 Å². The highest BCUT2D eigenvalue weighted by Gasteiger charge is 2.31. The minimum Gasteiger partial charge on any atom is -0.481 e. The molecule has 2 fully saturated rings. The summed E-state index contributed by atoms with van der Waals surface area (Å²) in [4.78, 5) is 24.4. The Labute approximate surface area is 126 Å². The SMILES string of the molecule is CC(=O)NCCN1CC(NCC2CCC2)CC(C(=O)O)C1. The molecule has 0 aromatic heterocycles. The zero-order valence-electron chi connectivity index (χ0n) is 12.8. The van der Waals surface area contributed by atoms with Gasteiger partial charge in [-0.15, -0.1) is 0 Å². The van der Waals surface area contributed by atoms with Crippen LogP contribution in [0.15, 0.2) is 0 Å². The molecule has 0 spiro atoms. The Hall–Kier alpha value is -1.14. The van der Waals surface area contributed by atoms with Crippen LogP contribution in [0.3, 0.4) is 0 Å². The number of likely N-dealkylation sites (tertiary alicyclic amines) is 1. The average Bonchev–Trinajstić information content (AvgIpc) is 2.36. The van der Waals surface area contributed by atoms with Crippen LogP contribution >= 0.6 is 0 Å². The number of piperidine rings is 1. The second-order valence-corrected chi connectivity index (χ2v) is 6.42. The molecule has 1 saturated carbocycles. The van der Waals surface area contributed by atoms with Crippen molar-refractivity contribution in [3.8, 4) is 0 Å². The molecule has 21 heavy (non-hydrogen) atoms. The topological polar surface area (TPSA) is 81.7 Å². The van der Waals surface area contributed by atoms with E-state index >= 15 is 0 Å². The van der Waals surface area contributed by atoms with Crippen LogP contribution in [0, 0.1) is 11.8 Å². The molecule has 2 unspecified atom stereocenters. The summed E-state index contributed by atoms with van der Waals surface area (Å²) in [5.41, 5.74) is 0. The van der Waals surface area contributed by atoms with Crippen LogP contribution in [0.25, 0.3) is 0 Å². The standard InChI is InChI=1S/C15H27N3O3/c1-11(19)16-5-6-18-9-13(15(20)21)7-14(10-18)17-8-12-3-2-4-12/h12-14,17H,2-10H2,1H3,(H,16,19)(H,20,21). The molecule has 2 rings (SSSR count). The lowest BCUT2D eigenvalue weighted by molar-refractivity contribution is -0.144. The van der Waals surface area contributed by atoms with Crippen molar-refractivity contribution >= 4 is 11.9 Å². The molecule has 2 aliphatic rings. The first-order chi connectivity index (χ1) is 10.0. The molecule has 1 aliphatic carbocycles. The largest absolute Gasteiger partial charge is 0.481 e. The molecule has 0 bridgehead atoms. The summed E-state index contributed by atoms with van der Waals surface area (Å²) >= 11 is 0. The van der Waals surface area contributed by atoms with Gasteiger partial charge in [0.05, 0.1) is 5.92 Å². The van der Waals surface area contributed by atoms with Gasteiger partial charge in [0.15, 0.2) is 0 Å². The van der Waals surface area contributed by atoms with Crippen LogP contribution in [-0.4, -0.2) is 60.6 Å². The Morgan fingerprint density at radius 1 is 1.29 bits per heavy atom. The Morgan fingerprint density at radius 3 is 2.62 bits per heavy atom. The maximum absolute atomic E-state index is 11.3. The second kappa shape index (κ2) is 7.75. The fourth-order valence-electron chi connectivity index (χ4n) is 3.12. The molecule has 6 heteroatoms. The summed E-state index contributed by atoms with van der Waals surface area (Å²) in [6.07, 6.45) is 4.64. The smallest absolute Gasteiger partial charge is 0.307 e. The zero-order valence-corrected chi connectivity index (χ0v) is 12.8. The van der Waals surface area contributed by atoms with Gasteiger partial charge in [-0.2, -0.15) is 0 Å². The van der Waals surface area contributed by atoms with Crippen molar-refractivity contribution in [2.24, 2.45) is 11.8 Å². The summed E-state index contributed by atoms with van der Waals surface area (Å²) in [7, 11) is 0. The summed E-state index contributed by atoms with van der Waals surface area (Å²) in [6, 6.07) is 0.248. The molecule has 2 atom stereocenters. The van der Waals surface area contributed by atoms with E-state index in [9.17, 15) is 14.7 Å². The van der Waals surface area contributed by atoms with E-state index in [4.69, 9.17) is 0 Å². The van der Waals surface area contributed by atoms with Gasteiger partial charge in [-0.1, -0.05) is 6.42 Å². The Morgan fingerprint density at radius 2 is 2.05 bits per heavy atom. The van der Waals surface area contributed by atoms with E-state index < -0.39 is 5.97 Å². The third kappa shape index (κ3) is 5.28. The van der Waals surface area contributed by atoms with E-state index in [0.717, 1.165) is 19.0 Å². The number of nitrogens with zero attached hydrogens (tertiary/aromatic N) is 1. The fourth-order valence-corrected chi connectivity index (χ4v) is 3.12. The molecule has 0 radical (unpaired) electrons. The van der Waals surface area contributed by atoms with Crippen molar-refractivity contribution in [1.29, 1.82) is 0 Å². The number of hydrogen-bond donors (Lipinski definition) is 3. The lowest BCUT2D eigenvalue weighted by atomic mass is 9.85. The summed E-state index contributed by atoms with van der Waals surface area (Å²) in [5, 5.41) is 15.6. The third-order valence-electron chi connectivity index (χ3n) is 4.60. The van der Waals surface area contributed by atoms with Gasteiger partial charge in [0.1, 0.15) is 0 Å². The minimum atomic E-state index is -0.713. The number of aliphatic carboxylic acids is 1. The number of amides is 1. The van der Waals surface area contributed by atoms with Gasteiger partial charge < -0.3 is 15.7 Å². The molecule has 6 nitrogen and oxygen atoms in total. The summed E-state index contributed by atoms with van der Waals surface area (Å²) in [5.74, 6) is -0.283. The monoisotopic (exact) mass is 297 g/mol. The number of carboxylic acid groups (broad SMARTS) is 1. The lowest BCUT2D eigenvalue weighted by Gasteiger charge is -2.38. The third-order valence-corrected chi connectivity index (χ3v) is 4.60. The van der Waals surface area contributed by atoms with Crippen molar-refractivity contribution in [1.82, 2.24) is 15.5 Å². The van der Waals surface area contributed by atoms with Crippen molar-refractivity contribution in [2.75, 3.05) is 32.7 Å². The normalized spacial score (nSPS) is 27.1. The number of nitrogens with one attached hydrogen (secondary N) is 2. The average molecular weight is 297 g/mol. The molecule has 0 aromatic carbocycles. The first kappa shape index (κ1) is 16.2. The number of carbonyl (C=O) groups excluding carboxylic acids is 1. The van der Waals surface area contributed by atoms with E-state index in [1.165, 1.54) is 26.2 Å². The van der Waals surface area contributed by atoms with E-state index in [0.29, 0.717) is 26.1 Å². The Balaban J connectivity index is 1.78. The predicted octanol–water partition coefficient (Wildman–Crippen LogP) is 0.287. The minimum absolute atomic E-state index is 0.0403. The first-order valence-electron chi connectivity index (χ1n) is 7.97. The van der Waals surface area contributed by atoms with E-state index in [1.807, 2.05) is 0 Å². The number of carbonyl (C=O) groups is 2. The predicted molar refractivity (Wildman–Crippen MR) is 80.0 cm³/mol. The van der Waals surface area contributed by atoms with Gasteiger partial charge in [-0.25, -0.2) is 0 Å². The molecule has 1 heterocycles. The van der Waals surface area contributed by atoms with Gasteiger partial charge in [0, 0.05) is 39.1 Å². The molecular formula is C15H27N3O3. The number of hydrogen-bond acceptors (Lipinski definition) is 4. The fraction of sp³-hybridized carbons (Fsp3) is 0.867. The summed E-state index contributed by atoms with van der Waals surface area (Å²) < 4.78 is 0. The Bertz CT molecular complexity index is 371. The molecule has 0 aromatic rings. The molecule has 1 amide bonds. The van der Waals surface area contributed by atoms with Gasteiger partial charge in [-0.05, 0) is 31.7 Å². The Kier molecular flexibility index (Phi) is 5.99. The number of carboxylic acids is 1. The van der Waals surface area contributed by atoms with Crippen LogP contribution < -0.4 is 10.6 Å². The van der Waals surface area contributed by atoms with Crippen LogP contribution in [0.2, 0.25) is 0 Å². The second-order valence-electron chi connectivity index (χ2n) is 6.42. The van der Waals surface area contributed by atoms with Gasteiger partial charge >= 0.3 is 5.97 Å². The van der Waals surface area contributed by atoms with Crippen molar-refractivity contribution in [2.45, 2.75) is 38.6 Å². The molecule has 1 saturated heterocycles. The van der Waals surface area contributed by atoms with E-state index in [-0.39, 0.29) is 17.9 Å². The maximum atomic E-state index is 11.3. The quantitative estimate of drug-likeness (QED) is 0.629. The van der Waals surface area contributed by atoms with Gasteiger partial charge in [-0.3, -0.25) is 14.5 Å². The number of rotatable bonds is 7. The molecule has 3 N–H and O–H groups in total. The summed E-state index contributed by atoms with van der Waals surface area (Å²) in [6.45, 7) is 5.25. The van der Waals surface area contributed by atoms with Gasteiger partial charge in [0.25, 0.3) is 0 Å². The highest BCUT2D eigenvalue weighted by Crippen LogP contribution is 2.26. The van der Waals surface area contributed by atoms with Crippen molar-refractivity contribution in [3.63, 3.8) is 0 Å². The maximum Gasteiger partial charge on any atom is 0.307 e. The lowest BCUT2D eigenvalue weighted by Crippen LogP contribution is -2.53. The van der Waals surface area contributed by atoms with Crippen LogP contribution in [-0.2, 0) is 9.59 Å². The highest BCUT2D eigenvalue weighted by atomic mass is 16.4. The van der Waals surface area contributed by atoms with Gasteiger partial charge in [0.2, 0.25) is 5.91 Å². The van der Waals surface area contributed by atoms with E-state index in [1.54, 1.807) is 0 Å². The molecular weight excluding hydrogens is 270 g/mol. The first-order valence-corrected chi connectivity index (χ1v) is 7.97. The van der Waals surface area contributed by atoms with Crippen LogP contribution in [0.4, 0.5) is 0 Å². The highest BCUT2D eigenvalue weighted by molar-refractivity contribution is 5.72. The molecule has 120 valence electrons. The van der Waals surface area contributed by atoms with Crippen molar-refractivity contribution in [3.05, 3.63) is 0 Å². The van der Waals surface area contributed by atoms with E-state index in [2.05, 4.69) is 15.5 Å². The van der Waals surface area contributed by atoms with Crippen LogP contribution in [0.1, 0.15) is 32.6 Å². The van der Waals surface area contributed by atoms with Crippen molar-refractivity contribution < 1.29 is 14.7 Å².